The number of aromatic nitrogens is 5. The number of benzene rings is 1. The fraction of sp³-hybridized carbons (Fsp3) is 0.360. The van der Waals surface area contributed by atoms with Gasteiger partial charge in [-0.05, 0) is 38.5 Å². The van der Waals surface area contributed by atoms with Crippen molar-refractivity contribution >= 4 is 28.7 Å². The fourth-order valence-electron chi connectivity index (χ4n) is 4.06. The molecule has 182 valence electrons. The molecule has 1 aliphatic rings. The zero-order valence-electron chi connectivity index (χ0n) is 20.0. The summed E-state index contributed by atoms with van der Waals surface area (Å²) in [4.78, 5) is 19.4. The van der Waals surface area contributed by atoms with Gasteiger partial charge in [-0.3, -0.25) is 9.48 Å². The summed E-state index contributed by atoms with van der Waals surface area (Å²) in [6.45, 7) is 9.55. The van der Waals surface area contributed by atoms with Crippen LogP contribution in [0.2, 0.25) is 5.02 Å². The van der Waals surface area contributed by atoms with Crippen LogP contribution < -0.4 is 10.2 Å². The van der Waals surface area contributed by atoms with Gasteiger partial charge in [0.25, 0.3) is 5.91 Å². The van der Waals surface area contributed by atoms with E-state index < -0.39 is 0 Å². The topological polar surface area (TPSA) is 89.6 Å². The third-order valence-corrected chi connectivity index (χ3v) is 6.42. The van der Waals surface area contributed by atoms with Gasteiger partial charge in [0.1, 0.15) is 6.33 Å². The minimum absolute atomic E-state index is 0.187. The van der Waals surface area contributed by atoms with Gasteiger partial charge in [-0.15, -0.1) is 0 Å². The summed E-state index contributed by atoms with van der Waals surface area (Å²) in [5, 5.41) is 12.2. The minimum atomic E-state index is -0.193. The molecule has 1 N–H and O–H groups in total. The van der Waals surface area contributed by atoms with E-state index in [-0.39, 0.29) is 11.4 Å². The Morgan fingerprint density at radius 2 is 1.94 bits per heavy atom. The van der Waals surface area contributed by atoms with Gasteiger partial charge in [-0.25, -0.2) is 9.50 Å². The number of amides is 1. The number of halogens is 1. The van der Waals surface area contributed by atoms with Crippen molar-refractivity contribution in [1.82, 2.24) is 29.7 Å². The summed E-state index contributed by atoms with van der Waals surface area (Å²) < 4.78 is 9.08. The SMILES string of the molecule is CC(C)(C)n1cc(C(=O)NCc2ccc(-c3ncnn4cc(N5CCOCC5)cc34)cc2Cl)cn1. The van der Waals surface area contributed by atoms with Crippen LogP contribution in [-0.2, 0) is 16.8 Å². The number of hydrogen-bond acceptors (Lipinski definition) is 6. The van der Waals surface area contributed by atoms with Crippen LogP contribution in [0.1, 0.15) is 36.7 Å². The molecular weight excluding hydrogens is 466 g/mol. The van der Waals surface area contributed by atoms with Gasteiger partial charge >= 0.3 is 0 Å². The average Bonchev–Trinajstić information content (AvgIpc) is 3.51. The lowest BCUT2D eigenvalue weighted by Gasteiger charge is -2.27. The highest BCUT2D eigenvalue weighted by Crippen LogP contribution is 2.30. The molecule has 1 aromatic carbocycles. The summed E-state index contributed by atoms with van der Waals surface area (Å²) in [5.41, 5.74) is 4.83. The third-order valence-electron chi connectivity index (χ3n) is 6.07. The van der Waals surface area contributed by atoms with E-state index in [9.17, 15) is 4.79 Å². The molecule has 0 radical (unpaired) electrons. The molecule has 0 unspecified atom stereocenters. The molecule has 0 bridgehead atoms. The molecule has 3 aromatic heterocycles. The second-order valence-electron chi connectivity index (χ2n) is 9.57. The van der Waals surface area contributed by atoms with Crippen molar-refractivity contribution in [3.63, 3.8) is 0 Å². The standard InChI is InChI=1S/C25H28ClN7O2/c1-25(2,3)33-14-19(13-29-33)24(34)27-12-18-5-4-17(10-21(18)26)23-22-11-20(15-32(22)30-16-28-23)31-6-8-35-9-7-31/h4-5,10-11,13-16H,6-9,12H2,1-3H3,(H,27,34). The Kier molecular flexibility index (Phi) is 6.21. The average molecular weight is 494 g/mol. The molecule has 1 aliphatic heterocycles. The summed E-state index contributed by atoms with van der Waals surface area (Å²) >= 11 is 6.61. The van der Waals surface area contributed by atoms with E-state index in [4.69, 9.17) is 16.3 Å². The normalized spacial score (nSPS) is 14.5. The number of anilines is 1. The highest BCUT2D eigenvalue weighted by molar-refractivity contribution is 6.31. The van der Waals surface area contributed by atoms with E-state index in [1.54, 1.807) is 23.4 Å². The molecule has 1 saturated heterocycles. The summed E-state index contributed by atoms with van der Waals surface area (Å²) in [5.74, 6) is -0.193. The van der Waals surface area contributed by atoms with Crippen LogP contribution in [0.4, 0.5) is 5.69 Å². The molecule has 5 rings (SSSR count). The van der Waals surface area contributed by atoms with E-state index in [1.165, 1.54) is 0 Å². The molecular formula is C25H28ClN7O2. The first-order chi connectivity index (χ1) is 16.8. The lowest BCUT2D eigenvalue weighted by Crippen LogP contribution is -2.35. The first-order valence-corrected chi connectivity index (χ1v) is 12.0. The van der Waals surface area contributed by atoms with E-state index in [1.807, 2.05) is 49.7 Å². The molecule has 1 fully saturated rings. The number of morpholine rings is 1. The van der Waals surface area contributed by atoms with Crippen molar-refractivity contribution in [2.45, 2.75) is 32.9 Å². The van der Waals surface area contributed by atoms with Crippen molar-refractivity contribution in [3.05, 3.63) is 65.3 Å². The molecule has 0 saturated carbocycles. The summed E-state index contributed by atoms with van der Waals surface area (Å²) in [7, 11) is 0. The molecule has 4 aromatic rings. The Labute approximate surface area is 208 Å². The molecule has 0 spiro atoms. The lowest BCUT2D eigenvalue weighted by atomic mass is 10.1. The number of hydrogen-bond donors (Lipinski definition) is 1. The van der Waals surface area contributed by atoms with E-state index >= 15 is 0 Å². The number of fused-ring (bicyclic) bond motifs is 1. The molecule has 4 heterocycles. The van der Waals surface area contributed by atoms with E-state index in [0.717, 1.165) is 54.3 Å². The van der Waals surface area contributed by atoms with Crippen LogP contribution >= 0.6 is 11.6 Å². The van der Waals surface area contributed by atoms with Crippen molar-refractivity contribution in [2.24, 2.45) is 0 Å². The molecule has 10 heteroatoms. The van der Waals surface area contributed by atoms with Crippen LogP contribution in [0, 0.1) is 0 Å². The van der Waals surface area contributed by atoms with E-state index in [2.05, 4.69) is 31.5 Å². The third kappa shape index (κ3) is 4.87. The van der Waals surface area contributed by atoms with Crippen LogP contribution in [0.3, 0.4) is 0 Å². The van der Waals surface area contributed by atoms with Gasteiger partial charge in [0.15, 0.2) is 0 Å². The number of rotatable bonds is 5. The maximum atomic E-state index is 12.6. The minimum Gasteiger partial charge on any atom is -0.378 e. The number of carbonyl (C=O) groups is 1. The lowest BCUT2D eigenvalue weighted by molar-refractivity contribution is 0.0950. The monoisotopic (exact) mass is 493 g/mol. The molecule has 0 atom stereocenters. The van der Waals surface area contributed by atoms with Crippen molar-refractivity contribution in [1.29, 1.82) is 0 Å². The first kappa shape index (κ1) is 23.3. The van der Waals surface area contributed by atoms with Crippen LogP contribution in [0.5, 0.6) is 0 Å². The smallest absolute Gasteiger partial charge is 0.254 e. The van der Waals surface area contributed by atoms with Crippen LogP contribution in [-0.4, -0.2) is 56.6 Å². The number of nitrogens with one attached hydrogen (secondary N) is 1. The van der Waals surface area contributed by atoms with Gasteiger partial charge in [0, 0.05) is 36.4 Å². The maximum absolute atomic E-state index is 12.6. The highest BCUT2D eigenvalue weighted by Gasteiger charge is 2.18. The quantitative estimate of drug-likeness (QED) is 0.455. The largest absolute Gasteiger partial charge is 0.378 e. The Morgan fingerprint density at radius 1 is 1.14 bits per heavy atom. The van der Waals surface area contributed by atoms with Gasteiger partial charge in [0.2, 0.25) is 0 Å². The van der Waals surface area contributed by atoms with Gasteiger partial charge in [-0.2, -0.15) is 10.2 Å². The van der Waals surface area contributed by atoms with Crippen molar-refractivity contribution in [2.75, 3.05) is 31.2 Å². The summed E-state index contributed by atoms with van der Waals surface area (Å²) in [6.07, 6.45) is 6.89. The highest BCUT2D eigenvalue weighted by atomic mass is 35.5. The molecule has 35 heavy (non-hydrogen) atoms. The van der Waals surface area contributed by atoms with Crippen LogP contribution in [0.25, 0.3) is 16.8 Å². The molecule has 9 nitrogen and oxygen atoms in total. The van der Waals surface area contributed by atoms with Gasteiger partial charge in [-0.1, -0.05) is 23.7 Å². The van der Waals surface area contributed by atoms with Gasteiger partial charge in [0.05, 0.1) is 53.6 Å². The second kappa shape index (κ2) is 9.31. The fourth-order valence-corrected chi connectivity index (χ4v) is 4.30. The van der Waals surface area contributed by atoms with Crippen molar-refractivity contribution in [3.8, 4) is 11.3 Å². The molecule has 1 amide bonds. The predicted molar refractivity (Wildman–Crippen MR) is 135 cm³/mol. The zero-order chi connectivity index (χ0) is 24.6. The number of nitrogens with zero attached hydrogens (tertiary/aromatic N) is 6. The first-order valence-electron chi connectivity index (χ1n) is 11.6. The Balaban J connectivity index is 1.33. The van der Waals surface area contributed by atoms with E-state index in [0.29, 0.717) is 17.1 Å². The van der Waals surface area contributed by atoms with Crippen molar-refractivity contribution < 1.29 is 9.53 Å². The summed E-state index contributed by atoms with van der Waals surface area (Å²) in [6, 6.07) is 7.86. The zero-order valence-corrected chi connectivity index (χ0v) is 20.8. The predicted octanol–water partition coefficient (Wildman–Crippen LogP) is 3.77. The maximum Gasteiger partial charge on any atom is 0.254 e. The Hall–Kier alpha value is -3.43. The number of ether oxygens (including phenoxy) is 1. The Bertz CT molecular complexity index is 1370. The van der Waals surface area contributed by atoms with Crippen LogP contribution in [0.15, 0.2) is 49.2 Å². The second-order valence-corrected chi connectivity index (χ2v) is 9.98. The Morgan fingerprint density at radius 3 is 2.66 bits per heavy atom. The number of carbonyl (C=O) groups excluding carboxylic acids is 1. The van der Waals surface area contributed by atoms with Gasteiger partial charge < -0.3 is 15.0 Å². The molecule has 0 aliphatic carbocycles.